The van der Waals surface area contributed by atoms with Gasteiger partial charge in [-0.05, 0) is 49.7 Å². The zero-order valence-electron chi connectivity index (χ0n) is 10.3. The molecule has 0 amide bonds. The summed E-state index contributed by atoms with van der Waals surface area (Å²) in [4.78, 5) is 0. The molecule has 0 aromatic heterocycles. The van der Waals surface area contributed by atoms with Crippen molar-refractivity contribution in [3.8, 4) is 0 Å². The molecule has 0 spiro atoms. The Morgan fingerprint density at radius 2 is 2.12 bits per heavy atom. The maximum atomic E-state index is 5.43. The second-order valence-corrected chi connectivity index (χ2v) is 5.34. The minimum absolute atomic E-state index is 0.672. The van der Waals surface area contributed by atoms with Gasteiger partial charge >= 0.3 is 0 Å². The Balaban J connectivity index is 1.53. The van der Waals surface area contributed by atoms with Crippen molar-refractivity contribution in [3.05, 3.63) is 29.8 Å². The van der Waals surface area contributed by atoms with Crippen molar-refractivity contribution < 1.29 is 4.74 Å². The van der Waals surface area contributed by atoms with E-state index in [0.29, 0.717) is 6.04 Å². The molecule has 1 aromatic carbocycles. The van der Waals surface area contributed by atoms with Crippen LogP contribution in [0.2, 0.25) is 0 Å². The van der Waals surface area contributed by atoms with E-state index in [9.17, 15) is 0 Å². The number of nitrogens with one attached hydrogen (secondary N) is 1. The van der Waals surface area contributed by atoms with Crippen molar-refractivity contribution in [2.45, 2.75) is 38.1 Å². The summed E-state index contributed by atoms with van der Waals surface area (Å²) in [5.41, 5.74) is 2.83. The highest BCUT2D eigenvalue weighted by atomic mass is 16.5. The maximum Gasteiger partial charge on any atom is 0.0495 e. The summed E-state index contributed by atoms with van der Waals surface area (Å²) in [5, 5.41) is 3.68. The molecule has 2 aliphatic rings. The molecule has 1 aromatic rings. The van der Waals surface area contributed by atoms with Crippen LogP contribution >= 0.6 is 0 Å². The maximum absolute atomic E-state index is 5.43. The van der Waals surface area contributed by atoms with Crippen LogP contribution in [0.5, 0.6) is 0 Å². The van der Waals surface area contributed by atoms with E-state index in [1.165, 1.54) is 43.4 Å². The monoisotopic (exact) mass is 231 g/mol. The lowest BCUT2D eigenvalue weighted by Crippen LogP contribution is -2.26. The number of benzene rings is 1. The second kappa shape index (κ2) is 5.09. The Bertz CT molecular complexity index is 371. The molecule has 2 nitrogen and oxygen atoms in total. The second-order valence-electron chi connectivity index (χ2n) is 5.34. The first-order valence-corrected chi connectivity index (χ1v) is 6.84. The fraction of sp³-hybridized carbons (Fsp3) is 0.600. The number of aryl methyl sites for hydroxylation is 1. The third kappa shape index (κ3) is 2.63. The SMILES string of the molecule is c1ccc2c(c1)CCC(CCC1CCOC1)N2. The highest BCUT2D eigenvalue weighted by Gasteiger charge is 2.20. The van der Waals surface area contributed by atoms with Gasteiger partial charge in [0.25, 0.3) is 0 Å². The predicted octanol–water partition coefficient (Wildman–Crippen LogP) is 3.23. The van der Waals surface area contributed by atoms with E-state index in [1.807, 2.05) is 0 Å². The van der Waals surface area contributed by atoms with Gasteiger partial charge in [0.1, 0.15) is 0 Å². The van der Waals surface area contributed by atoms with E-state index in [0.717, 1.165) is 19.1 Å². The van der Waals surface area contributed by atoms with Gasteiger partial charge in [-0.1, -0.05) is 18.2 Å². The van der Waals surface area contributed by atoms with Crippen LogP contribution in [0.15, 0.2) is 24.3 Å². The molecule has 2 atom stereocenters. The van der Waals surface area contributed by atoms with Crippen molar-refractivity contribution >= 4 is 5.69 Å². The summed E-state index contributed by atoms with van der Waals surface area (Å²) >= 11 is 0. The minimum Gasteiger partial charge on any atom is -0.382 e. The number of fused-ring (bicyclic) bond motifs is 1. The molecule has 92 valence electrons. The van der Waals surface area contributed by atoms with E-state index in [1.54, 1.807) is 0 Å². The van der Waals surface area contributed by atoms with Crippen molar-refractivity contribution in [2.75, 3.05) is 18.5 Å². The lowest BCUT2D eigenvalue weighted by Gasteiger charge is -2.27. The average molecular weight is 231 g/mol. The normalized spacial score (nSPS) is 27.5. The van der Waals surface area contributed by atoms with Crippen LogP contribution in [0.25, 0.3) is 0 Å². The predicted molar refractivity (Wildman–Crippen MR) is 70.3 cm³/mol. The van der Waals surface area contributed by atoms with Gasteiger partial charge in [0.15, 0.2) is 0 Å². The average Bonchev–Trinajstić information content (AvgIpc) is 2.89. The molecule has 1 N–H and O–H groups in total. The minimum atomic E-state index is 0.672. The van der Waals surface area contributed by atoms with Crippen molar-refractivity contribution in [2.24, 2.45) is 5.92 Å². The van der Waals surface area contributed by atoms with E-state index >= 15 is 0 Å². The van der Waals surface area contributed by atoms with Gasteiger partial charge in [0.05, 0.1) is 0 Å². The van der Waals surface area contributed by atoms with Gasteiger partial charge in [-0.3, -0.25) is 0 Å². The summed E-state index contributed by atoms with van der Waals surface area (Å²) in [6.45, 7) is 1.97. The smallest absolute Gasteiger partial charge is 0.0495 e. The van der Waals surface area contributed by atoms with Crippen LogP contribution < -0.4 is 5.32 Å². The molecule has 0 radical (unpaired) electrons. The molecule has 0 saturated carbocycles. The largest absolute Gasteiger partial charge is 0.382 e. The number of anilines is 1. The zero-order valence-corrected chi connectivity index (χ0v) is 10.3. The van der Waals surface area contributed by atoms with Gasteiger partial charge in [0.2, 0.25) is 0 Å². The molecular formula is C15H21NO. The fourth-order valence-corrected chi connectivity index (χ4v) is 2.97. The first kappa shape index (κ1) is 11.1. The number of rotatable bonds is 3. The van der Waals surface area contributed by atoms with Crippen molar-refractivity contribution in [3.63, 3.8) is 0 Å². The molecule has 17 heavy (non-hydrogen) atoms. The lowest BCUT2D eigenvalue weighted by molar-refractivity contribution is 0.183. The summed E-state index contributed by atoms with van der Waals surface area (Å²) in [6.07, 6.45) is 6.39. The Morgan fingerprint density at radius 1 is 1.18 bits per heavy atom. The summed E-state index contributed by atoms with van der Waals surface area (Å²) in [7, 11) is 0. The number of hydrogen-bond acceptors (Lipinski definition) is 2. The van der Waals surface area contributed by atoms with Gasteiger partial charge < -0.3 is 10.1 Å². The van der Waals surface area contributed by atoms with E-state index in [4.69, 9.17) is 4.74 Å². The highest BCUT2D eigenvalue weighted by Crippen LogP contribution is 2.28. The molecule has 1 saturated heterocycles. The topological polar surface area (TPSA) is 21.3 Å². The lowest BCUT2D eigenvalue weighted by atomic mass is 9.92. The fourth-order valence-electron chi connectivity index (χ4n) is 2.97. The molecule has 2 unspecified atom stereocenters. The summed E-state index contributed by atoms with van der Waals surface area (Å²) < 4.78 is 5.43. The highest BCUT2D eigenvalue weighted by molar-refractivity contribution is 5.53. The standard InChI is InChI=1S/C15H21NO/c1-2-4-15-13(3-1)6-8-14(16-15)7-5-12-9-10-17-11-12/h1-4,12,14,16H,5-11H2. The Kier molecular flexibility index (Phi) is 3.32. The van der Waals surface area contributed by atoms with E-state index in [2.05, 4.69) is 29.6 Å². The van der Waals surface area contributed by atoms with E-state index in [-0.39, 0.29) is 0 Å². The van der Waals surface area contributed by atoms with E-state index < -0.39 is 0 Å². The first-order valence-electron chi connectivity index (χ1n) is 6.84. The molecule has 3 rings (SSSR count). The van der Waals surface area contributed by atoms with Crippen LogP contribution in [-0.2, 0) is 11.2 Å². The zero-order chi connectivity index (χ0) is 11.5. The Hall–Kier alpha value is -1.02. The van der Waals surface area contributed by atoms with Crippen LogP contribution in [0.3, 0.4) is 0 Å². The number of para-hydroxylation sites is 1. The summed E-state index contributed by atoms with van der Waals surface area (Å²) in [5.74, 6) is 0.814. The molecule has 0 aliphatic carbocycles. The first-order chi connectivity index (χ1) is 8.42. The molecule has 0 bridgehead atoms. The third-order valence-corrected chi connectivity index (χ3v) is 4.09. The number of hydrogen-bond donors (Lipinski definition) is 1. The van der Waals surface area contributed by atoms with Crippen molar-refractivity contribution in [1.29, 1.82) is 0 Å². The van der Waals surface area contributed by atoms with Crippen LogP contribution in [0.4, 0.5) is 5.69 Å². The third-order valence-electron chi connectivity index (χ3n) is 4.09. The van der Waals surface area contributed by atoms with Crippen molar-refractivity contribution in [1.82, 2.24) is 0 Å². The molecule has 2 aliphatic heterocycles. The molecule has 2 heterocycles. The van der Waals surface area contributed by atoms with Gasteiger partial charge in [-0.2, -0.15) is 0 Å². The van der Waals surface area contributed by atoms with Crippen LogP contribution in [0.1, 0.15) is 31.2 Å². The van der Waals surface area contributed by atoms with Crippen LogP contribution in [-0.4, -0.2) is 19.3 Å². The van der Waals surface area contributed by atoms with Gasteiger partial charge in [-0.15, -0.1) is 0 Å². The molecular weight excluding hydrogens is 210 g/mol. The quantitative estimate of drug-likeness (QED) is 0.862. The summed E-state index contributed by atoms with van der Waals surface area (Å²) in [6, 6.07) is 9.38. The Labute approximate surface area is 103 Å². The van der Waals surface area contributed by atoms with Gasteiger partial charge in [-0.25, -0.2) is 0 Å². The molecule has 2 heteroatoms. The molecule has 1 fully saturated rings. The van der Waals surface area contributed by atoms with Crippen LogP contribution in [0, 0.1) is 5.92 Å². The Morgan fingerprint density at radius 3 is 3.00 bits per heavy atom. The number of ether oxygens (including phenoxy) is 1. The van der Waals surface area contributed by atoms with Gasteiger partial charge in [0, 0.05) is 24.9 Å².